The van der Waals surface area contributed by atoms with E-state index in [4.69, 9.17) is 4.98 Å². The summed E-state index contributed by atoms with van der Waals surface area (Å²) in [6.07, 6.45) is 5.64. The first kappa shape index (κ1) is 19.9. The van der Waals surface area contributed by atoms with Crippen molar-refractivity contribution in [3.05, 3.63) is 95.3 Å². The zero-order chi connectivity index (χ0) is 21.2. The van der Waals surface area contributed by atoms with Crippen LogP contribution in [0.4, 0.5) is 5.82 Å². The van der Waals surface area contributed by atoms with Gasteiger partial charge in [-0.15, -0.1) is 0 Å². The number of hydrogen-bond donors (Lipinski definition) is 0. The van der Waals surface area contributed by atoms with Crippen LogP contribution in [0.1, 0.15) is 35.2 Å². The second-order valence-corrected chi connectivity index (χ2v) is 8.93. The molecule has 3 heteroatoms. The van der Waals surface area contributed by atoms with E-state index in [1.165, 1.54) is 52.5 Å². The van der Waals surface area contributed by atoms with Gasteiger partial charge in [-0.1, -0.05) is 60.7 Å². The third-order valence-electron chi connectivity index (χ3n) is 6.99. The second-order valence-electron chi connectivity index (χ2n) is 8.93. The fraction of sp³-hybridized carbons (Fsp3) is 0.321. The molecule has 2 aromatic heterocycles. The van der Waals surface area contributed by atoms with Crippen LogP contribution in [0, 0.1) is 19.8 Å². The lowest BCUT2D eigenvalue weighted by Crippen LogP contribution is -2.35. The van der Waals surface area contributed by atoms with Gasteiger partial charge in [0.15, 0.2) is 5.82 Å². The highest BCUT2D eigenvalue weighted by Crippen LogP contribution is 2.34. The molecule has 3 nitrogen and oxygen atoms in total. The molecule has 1 aliphatic heterocycles. The molecule has 31 heavy (non-hydrogen) atoms. The summed E-state index contributed by atoms with van der Waals surface area (Å²) in [6.45, 7) is 7.54. The molecule has 1 aliphatic rings. The largest absolute Gasteiger partial charge is 0.355 e. The van der Waals surface area contributed by atoms with E-state index in [0.717, 1.165) is 31.4 Å². The second kappa shape index (κ2) is 8.58. The zero-order valence-corrected chi connectivity index (χ0v) is 18.6. The molecule has 1 saturated heterocycles. The SMILES string of the molecule is Cc1c(C)n(Cc2ccccc2)c2c(N3CCC(Cc4ccccc4)CC3)nccc12. The van der Waals surface area contributed by atoms with E-state index < -0.39 is 0 Å². The molecule has 5 rings (SSSR count). The summed E-state index contributed by atoms with van der Waals surface area (Å²) in [7, 11) is 0. The molecule has 0 N–H and O–H groups in total. The molecule has 0 spiro atoms. The molecule has 0 unspecified atom stereocenters. The minimum absolute atomic E-state index is 0.762. The van der Waals surface area contributed by atoms with Gasteiger partial charge in [-0.2, -0.15) is 0 Å². The number of hydrogen-bond acceptors (Lipinski definition) is 2. The predicted octanol–water partition coefficient (Wildman–Crippen LogP) is 6.16. The van der Waals surface area contributed by atoms with Crippen molar-refractivity contribution in [1.82, 2.24) is 9.55 Å². The Bertz CT molecular complexity index is 1150. The average Bonchev–Trinajstić information content (AvgIpc) is 3.06. The zero-order valence-electron chi connectivity index (χ0n) is 18.6. The van der Waals surface area contributed by atoms with E-state index in [-0.39, 0.29) is 0 Å². The standard InChI is InChI=1S/C28H31N3/c1-21-22(2)31(20-25-11-7-4-8-12-25)27-26(21)13-16-29-28(27)30-17-14-24(15-18-30)19-23-9-5-3-6-10-23/h3-13,16,24H,14-15,17-20H2,1-2H3. The monoisotopic (exact) mass is 409 g/mol. The molecule has 2 aromatic carbocycles. The quantitative estimate of drug-likeness (QED) is 0.393. The van der Waals surface area contributed by atoms with Crippen LogP contribution in [0.25, 0.3) is 10.9 Å². The number of aromatic nitrogens is 2. The molecule has 0 bridgehead atoms. The Balaban J connectivity index is 1.42. The minimum Gasteiger partial charge on any atom is -0.355 e. The first-order valence-electron chi connectivity index (χ1n) is 11.5. The highest BCUT2D eigenvalue weighted by Gasteiger charge is 2.24. The van der Waals surface area contributed by atoms with Gasteiger partial charge in [0, 0.05) is 36.9 Å². The van der Waals surface area contributed by atoms with Crippen LogP contribution >= 0.6 is 0 Å². The van der Waals surface area contributed by atoms with Crippen molar-refractivity contribution in [2.24, 2.45) is 5.92 Å². The number of rotatable bonds is 5. The molecule has 0 saturated carbocycles. The van der Waals surface area contributed by atoms with Crippen LogP contribution in [0.15, 0.2) is 72.9 Å². The molecular weight excluding hydrogens is 378 g/mol. The smallest absolute Gasteiger partial charge is 0.153 e. The Labute approximate surface area is 185 Å². The molecule has 0 amide bonds. The molecule has 0 radical (unpaired) electrons. The Hall–Kier alpha value is -3.07. The number of piperidine rings is 1. The minimum atomic E-state index is 0.762. The van der Waals surface area contributed by atoms with E-state index in [9.17, 15) is 0 Å². The van der Waals surface area contributed by atoms with Gasteiger partial charge in [-0.25, -0.2) is 4.98 Å². The number of aryl methyl sites for hydroxylation is 1. The fourth-order valence-corrected chi connectivity index (χ4v) is 5.07. The van der Waals surface area contributed by atoms with Crippen molar-refractivity contribution < 1.29 is 0 Å². The van der Waals surface area contributed by atoms with E-state index in [0.29, 0.717) is 0 Å². The van der Waals surface area contributed by atoms with Crippen molar-refractivity contribution in [2.75, 3.05) is 18.0 Å². The fourth-order valence-electron chi connectivity index (χ4n) is 5.07. The summed E-state index contributed by atoms with van der Waals surface area (Å²) in [6, 6.07) is 23.9. The third-order valence-corrected chi connectivity index (χ3v) is 6.99. The van der Waals surface area contributed by atoms with Crippen molar-refractivity contribution in [3.8, 4) is 0 Å². The van der Waals surface area contributed by atoms with Crippen LogP contribution in [-0.2, 0) is 13.0 Å². The van der Waals surface area contributed by atoms with Crippen LogP contribution in [-0.4, -0.2) is 22.6 Å². The molecule has 1 fully saturated rings. The molecule has 158 valence electrons. The average molecular weight is 410 g/mol. The van der Waals surface area contributed by atoms with Crippen LogP contribution in [0.5, 0.6) is 0 Å². The maximum atomic E-state index is 4.90. The summed E-state index contributed by atoms with van der Waals surface area (Å²) >= 11 is 0. The van der Waals surface area contributed by atoms with Crippen LogP contribution in [0.3, 0.4) is 0 Å². The summed E-state index contributed by atoms with van der Waals surface area (Å²) in [4.78, 5) is 7.42. The lowest BCUT2D eigenvalue weighted by atomic mass is 9.90. The van der Waals surface area contributed by atoms with Gasteiger partial charge < -0.3 is 9.47 Å². The number of benzene rings is 2. The Morgan fingerprint density at radius 2 is 1.48 bits per heavy atom. The lowest BCUT2D eigenvalue weighted by molar-refractivity contribution is 0.402. The van der Waals surface area contributed by atoms with E-state index in [1.54, 1.807) is 0 Å². The summed E-state index contributed by atoms with van der Waals surface area (Å²) < 4.78 is 2.47. The van der Waals surface area contributed by atoms with Crippen molar-refractivity contribution in [3.63, 3.8) is 0 Å². The van der Waals surface area contributed by atoms with Crippen LogP contribution in [0.2, 0.25) is 0 Å². The number of pyridine rings is 1. The number of nitrogens with zero attached hydrogens (tertiary/aromatic N) is 3. The molecule has 0 aliphatic carbocycles. The Kier molecular flexibility index (Phi) is 5.50. The van der Waals surface area contributed by atoms with Gasteiger partial charge in [-0.05, 0) is 61.8 Å². The first-order valence-corrected chi connectivity index (χ1v) is 11.5. The maximum Gasteiger partial charge on any atom is 0.153 e. The Morgan fingerprint density at radius 1 is 0.839 bits per heavy atom. The summed E-state index contributed by atoms with van der Waals surface area (Å²) in [5, 5.41) is 1.34. The molecule has 4 aromatic rings. The van der Waals surface area contributed by atoms with Gasteiger partial charge in [0.05, 0.1) is 5.52 Å². The Morgan fingerprint density at radius 3 is 2.16 bits per heavy atom. The topological polar surface area (TPSA) is 21.1 Å². The number of anilines is 1. The van der Waals surface area contributed by atoms with E-state index in [2.05, 4.69) is 90.0 Å². The van der Waals surface area contributed by atoms with Gasteiger partial charge in [-0.3, -0.25) is 0 Å². The summed E-state index contributed by atoms with van der Waals surface area (Å²) in [5.41, 5.74) is 6.80. The van der Waals surface area contributed by atoms with Gasteiger partial charge in [0.25, 0.3) is 0 Å². The van der Waals surface area contributed by atoms with Gasteiger partial charge >= 0.3 is 0 Å². The molecular formula is C28H31N3. The van der Waals surface area contributed by atoms with Crippen molar-refractivity contribution in [2.45, 2.75) is 39.7 Å². The highest BCUT2D eigenvalue weighted by atomic mass is 15.2. The van der Waals surface area contributed by atoms with Crippen LogP contribution < -0.4 is 4.90 Å². The normalized spacial score (nSPS) is 15.0. The first-order chi connectivity index (χ1) is 15.2. The van der Waals surface area contributed by atoms with Crippen molar-refractivity contribution >= 4 is 16.7 Å². The maximum absolute atomic E-state index is 4.90. The molecule has 3 heterocycles. The number of fused-ring (bicyclic) bond motifs is 1. The predicted molar refractivity (Wildman–Crippen MR) is 130 cm³/mol. The van der Waals surface area contributed by atoms with Gasteiger partial charge in [0.2, 0.25) is 0 Å². The lowest BCUT2D eigenvalue weighted by Gasteiger charge is -2.33. The van der Waals surface area contributed by atoms with Gasteiger partial charge in [0.1, 0.15) is 0 Å². The molecule has 0 atom stereocenters. The summed E-state index contributed by atoms with van der Waals surface area (Å²) in [5.74, 6) is 1.92. The third kappa shape index (κ3) is 3.97. The van der Waals surface area contributed by atoms with E-state index in [1.807, 2.05) is 6.20 Å². The van der Waals surface area contributed by atoms with Crippen molar-refractivity contribution in [1.29, 1.82) is 0 Å². The highest BCUT2D eigenvalue weighted by molar-refractivity contribution is 5.93. The van der Waals surface area contributed by atoms with E-state index >= 15 is 0 Å².